The lowest BCUT2D eigenvalue weighted by Crippen LogP contribution is -2.30. The summed E-state index contributed by atoms with van der Waals surface area (Å²) in [6, 6.07) is 0. The van der Waals surface area contributed by atoms with E-state index in [2.05, 4.69) is 48.5 Å². The Morgan fingerprint density at radius 2 is 0.505 bits per heavy atom. The molecule has 0 spiro atoms. The number of aliphatic hydroxyl groups excluding tert-OH is 1. The molecular formula is C82H160O17P2. The van der Waals surface area contributed by atoms with Gasteiger partial charge in [0.25, 0.3) is 0 Å². The van der Waals surface area contributed by atoms with Gasteiger partial charge >= 0.3 is 39.5 Å². The lowest BCUT2D eigenvalue weighted by Gasteiger charge is -2.21. The Morgan fingerprint density at radius 1 is 0.287 bits per heavy atom. The molecule has 3 N–H and O–H groups in total. The second-order valence-corrected chi connectivity index (χ2v) is 33.4. The molecule has 0 aliphatic heterocycles. The predicted octanol–water partition coefficient (Wildman–Crippen LogP) is 24.5. The fourth-order valence-electron chi connectivity index (χ4n) is 12.6. The van der Waals surface area contributed by atoms with Gasteiger partial charge in [-0.05, 0) is 43.4 Å². The zero-order chi connectivity index (χ0) is 74.4. The van der Waals surface area contributed by atoms with Crippen LogP contribution in [0.1, 0.15) is 427 Å². The largest absolute Gasteiger partial charge is 0.472 e. The van der Waals surface area contributed by atoms with Crippen molar-refractivity contribution in [1.82, 2.24) is 0 Å². The number of ether oxygens (including phenoxy) is 4. The van der Waals surface area contributed by atoms with Gasteiger partial charge in [0, 0.05) is 25.7 Å². The number of carbonyl (C=O) groups excluding carboxylic acids is 4. The molecule has 0 radical (unpaired) electrons. The second kappa shape index (κ2) is 72.3. The number of unbranched alkanes of at least 4 members (excludes halogenated alkanes) is 46. The highest BCUT2D eigenvalue weighted by Gasteiger charge is 2.30. The Labute approximate surface area is 619 Å². The molecule has 0 aromatic rings. The molecular weight excluding hydrogens is 1320 g/mol. The molecule has 0 amide bonds. The first kappa shape index (κ1) is 99.1. The number of carbonyl (C=O) groups is 4. The third kappa shape index (κ3) is 73.4. The average molecular weight is 1480 g/mol. The van der Waals surface area contributed by atoms with E-state index in [1.54, 1.807) is 0 Å². The van der Waals surface area contributed by atoms with E-state index in [-0.39, 0.29) is 25.7 Å². The smallest absolute Gasteiger partial charge is 0.462 e. The average Bonchev–Trinajstić information content (AvgIpc) is 0.929. The zero-order valence-corrected chi connectivity index (χ0v) is 68.2. The highest BCUT2D eigenvalue weighted by Crippen LogP contribution is 2.45. The van der Waals surface area contributed by atoms with E-state index in [1.165, 1.54) is 231 Å². The fraction of sp³-hybridized carbons (Fsp3) is 0.951. The number of aliphatic hydroxyl groups is 1. The van der Waals surface area contributed by atoms with Crippen molar-refractivity contribution in [3.05, 3.63) is 0 Å². The first-order valence-corrected chi connectivity index (χ1v) is 45.4. The van der Waals surface area contributed by atoms with Crippen LogP contribution in [0.3, 0.4) is 0 Å². The van der Waals surface area contributed by atoms with Gasteiger partial charge in [0.1, 0.15) is 19.3 Å². The van der Waals surface area contributed by atoms with E-state index in [0.717, 1.165) is 108 Å². The van der Waals surface area contributed by atoms with Gasteiger partial charge in [0.05, 0.1) is 26.4 Å². The minimum Gasteiger partial charge on any atom is -0.462 e. The van der Waals surface area contributed by atoms with Crippen LogP contribution in [0.2, 0.25) is 0 Å². The van der Waals surface area contributed by atoms with Gasteiger partial charge in [0.2, 0.25) is 0 Å². The van der Waals surface area contributed by atoms with Crippen LogP contribution in [0.5, 0.6) is 0 Å². The van der Waals surface area contributed by atoms with Crippen LogP contribution in [-0.2, 0) is 65.4 Å². The zero-order valence-electron chi connectivity index (χ0n) is 66.4. The molecule has 101 heavy (non-hydrogen) atoms. The lowest BCUT2D eigenvalue weighted by molar-refractivity contribution is -0.161. The van der Waals surface area contributed by atoms with E-state index in [0.29, 0.717) is 31.6 Å². The van der Waals surface area contributed by atoms with Crippen molar-refractivity contribution in [2.75, 3.05) is 39.6 Å². The van der Waals surface area contributed by atoms with Crippen molar-refractivity contribution in [1.29, 1.82) is 0 Å². The van der Waals surface area contributed by atoms with Crippen molar-refractivity contribution >= 4 is 39.5 Å². The monoisotopic (exact) mass is 1480 g/mol. The summed E-state index contributed by atoms with van der Waals surface area (Å²) in [6.07, 6.45) is 61.2. The summed E-state index contributed by atoms with van der Waals surface area (Å²) in [5.74, 6) is 0.241. The van der Waals surface area contributed by atoms with Crippen LogP contribution < -0.4 is 0 Å². The van der Waals surface area contributed by atoms with Gasteiger partial charge in [-0.1, -0.05) is 376 Å². The van der Waals surface area contributed by atoms with E-state index >= 15 is 0 Å². The SMILES string of the molecule is CCCCCCCCCCCCCCCCCCC(=O)OC[C@H](COP(=O)(O)OC[C@@H](O)COP(=O)(O)OC[C@@H](COC(=O)CCCCCCCCC(C)C)OC(=O)CCCCCCCCCCCCC(C)CC)OC(=O)CCCCCCCCCCCCCCCCCCCCC(C)CC. The van der Waals surface area contributed by atoms with Crippen LogP contribution in [-0.4, -0.2) is 96.7 Å². The number of phosphoric acid groups is 2. The molecule has 0 rings (SSSR count). The van der Waals surface area contributed by atoms with E-state index in [9.17, 15) is 43.2 Å². The molecule has 600 valence electrons. The molecule has 0 aromatic carbocycles. The first-order chi connectivity index (χ1) is 48.8. The molecule has 0 heterocycles. The third-order valence-corrected chi connectivity index (χ3v) is 21.8. The Morgan fingerprint density at radius 3 is 0.752 bits per heavy atom. The van der Waals surface area contributed by atoms with Crippen LogP contribution >= 0.6 is 15.6 Å². The molecule has 4 unspecified atom stereocenters. The molecule has 19 heteroatoms. The Hall–Kier alpha value is -1.94. The van der Waals surface area contributed by atoms with Gasteiger partial charge in [-0.2, -0.15) is 0 Å². The van der Waals surface area contributed by atoms with Crippen molar-refractivity contribution < 1.29 is 80.2 Å². The molecule has 0 aromatic heterocycles. The van der Waals surface area contributed by atoms with Crippen molar-refractivity contribution in [3.8, 4) is 0 Å². The summed E-state index contributed by atoms with van der Waals surface area (Å²) < 4.78 is 68.7. The highest BCUT2D eigenvalue weighted by atomic mass is 31.2. The van der Waals surface area contributed by atoms with Crippen molar-refractivity contribution in [2.24, 2.45) is 17.8 Å². The molecule has 0 aliphatic carbocycles. The Balaban J connectivity index is 5.21. The topological polar surface area (TPSA) is 237 Å². The van der Waals surface area contributed by atoms with E-state index in [1.807, 2.05) is 0 Å². The number of hydrogen-bond donors (Lipinski definition) is 3. The van der Waals surface area contributed by atoms with Crippen molar-refractivity contribution in [3.63, 3.8) is 0 Å². The van der Waals surface area contributed by atoms with Gasteiger partial charge in [-0.25, -0.2) is 9.13 Å². The minimum absolute atomic E-state index is 0.105. The normalized spacial score (nSPS) is 14.5. The number of rotatable bonds is 80. The van der Waals surface area contributed by atoms with Gasteiger partial charge in [-0.3, -0.25) is 37.3 Å². The first-order valence-electron chi connectivity index (χ1n) is 42.4. The molecule has 0 saturated heterocycles. The van der Waals surface area contributed by atoms with Gasteiger partial charge in [0.15, 0.2) is 12.2 Å². The number of phosphoric ester groups is 2. The summed E-state index contributed by atoms with van der Waals surface area (Å²) in [5, 5.41) is 10.6. The van der Waals surface area contributed by atoms with E-state index in [4.69, 9.17) is 37.0 Å². The summed E-state index contributed by atoms with van der Waals surface area (Å²) >= 11 is 0. The molecule has 7 atom stereocenters. The number of hydrogen-bond acceptors (Lipinski definition) is 15. The minimum atomic E-state index is -4.96. The summed E-state index contributed by atoms with van der Waals surface area (Å²) in [6.45, 7) is 12.0. The quantitative estimate of drug-likeness (QED) is 0.0222. The van der Waals surface area contributed by atoms with Crippen LogP contribution in [0.25, 0.3) is 0 Å². The summed E-state index contributed by atoms with van der Waals surface area (Å²) in [4.78, 5) is 73.0. The lowest BCUT2D eigenvalue weighted by atomic mass is 9.99. The standard InChI is InChI=1S/C82H160O17P2/c1-8-11-12-13-14-15-16-17-18-24-27-30-36-41-49-56-63-79(84)92-69-77(98-81(86)65-58-51-42-37-31-28-25-22-20-19-21-23-26-29-34-39-47-54-61-74(6)9-2)71-96-100(88,89)94-67-76(83)68-95-101(90,91)97-72-78(70-93-80(85)64-57-50-45-44-46-53-60-73(4)5)99-82(87)66-59-52-43-38-33-32-35-40-48-55-62-75(7)10-3/h73-78,83H,8-72H2,1-7H3,(H,88,89)(H,90,91)/t74?,75?,76-,77-,78-/m1/s1. The number of esters is 4. The van der Waals surface area contributed by atoms with Crippen LogP contribution in [0.15, 0.2) is 0 Å². The maximum Gasteiger partial charge on any atom is 0.472 e. The van der Waals surface area contributed by atoms with Gasteiger partial charge in [-0.15, -0.1) is 0 Å². The maximum atomic E-state index is 13.1. The van der Waals surface area contributed by atoms with Gasteiger partial charge < -0.3 is 33.8 Å². The van der Waals surface area contributed by atoms with Crippen LogP contribution in [0, 0.1) is 17.8 Å². The Kier molecular flexibility index (Phi) is 70.9. The van der Waals surface area contributed by atoms with Crippen LogP contribution in [0.4, 0.5) is 0 Å². The highest BCUT2D eigenvalue weighted by molar-refractivity contribution is 7.47. The second-order valence-electron chi connectivity index (χ2n) is 30.5. The third-order valence-electron chi connectivity index (χ3n) is 19.9. The fourth-order valence-corrected chi connectivity index (χ4v) is 14.2. The maximum absolute atomic E-state index is 13.1. The summed E-state index contributed by atoms with van der Waals surface area (Å²) in [5.41, 5.74) is 0. The molecule has 0 fully saturated rings. The molecule has 17 nitrogen and oxygen atoms in total. The molecule has 0 bridgehead atoms. The van der Waals surface area contributed by atoms with Crippen molar-refractivity contribution in [2.45, 2.75) is 446 Å². The predicted molar refractivity (Wildman–Crippen MR) is 414 cm³/mol. The van der Waals surface area contributed by atoms with E-state index < -0.39 is 97.5 Å². The molecule has 0 aliphatic rings. The Bertz CT molecular complexity index is 1960. The summed E-state index contributed by atoms with van der Waals surface area (Å²) in [7, 11) is -9.92. The molecule has 0 saturated carbocycles.